The number of piperazine rings is 1. The lowest BCUT2D eigenvalue weighted by Gasteiger charge is -2.41. The molecule has 6 rings (SSSR count). The van der Waals surface area contributed by atoms with Crippen molar-refractivity contribution in [2.45, 2.75) is 44.5 Å². The van der Waals surface area contributed by atoms with Gasteiger partial charge >= 0.3 is 6.01 Å². The molecular weight excluding hydrogens is 626 g/mol. The summed E-state index contributed by atoms with van der Waals surface area (Å²) in [6.45, 7) is 14.5. The molecule has 4 heterocycles. The average molecular weight is 668 g/mol. The number of amides is 1. The van der Waals surface area contributed by atoms with Crippen LogP contribution in [-0.4, -0.2) is 95.8 Å². The molecule has 0 radical (unpaired) electrons. The third-order valence-electron chi connectivity index (χ3n) is 9.16. The molecule has 0 unspecified atom stereocenters. The molecule has 1 amide bonds. The van der Waals surface area contributed by atoms with Crippen molar-refractivity contribution in [3.63, 3.8) is 0 Å². The highest BCUT2D eigenvalue weighted by Crippen LogP contribution is 2.36. The van der Waals surface area contributed by atoms with Gasteiger partial charge in [-0.2, -0.15) is 37.0 Å². The number of aromatic nitrogens is 2. The Balaban J connectivity index is 0.00000240. The van der Waals surface area contributed by atoms with Crippen molar-refractivity contribution in [1.29, 1.82) is 0 Å². The fourth-order valence-electron chi connectivity index (χ4n) is 6.81. The average Bonchev–Trinajstić information content (AvgIpc) is 3.46. The molecule has 0 spiro atoms. The molecule has 0 aliphatic carbocycles. The van der Waals surface area contributed by atoms with Gasteiger partial charge in [0.2, 0.25) is 6.54 Å². The summed E-state index contributed by atoms with van der Waals surface area (Å²) in [5, 5.41) is 12.2. The standard InChI is InChI=1S/C33H38FN7O3.2H2S/c1-22(34)32(43)41-16-15-40(18-26(41)17-35-2)31-27-12-14-39(29-11-5-8-23-7-4-9-24(20-42)30(23)29)19-28(27)36-33(37-31)44-21-25-10-6-13-38(25)3;;/h4-5,7-9,11,25-26,42H,1,6,10,12-21H2,3H3;2*1H2/t25-,26-;;/m0../s1. The van der Waals surface area contributed by atoms with Crippen LogP contribution in [0.4, 0.5) is 15.9 Å². The van der Waals surface area contributed by atoms with Crippen LogP contribution < -0.4 is 14.5 Å². The van der Waals surface area contributed by atoms with E-state index in [9.17, 15) is 14.3 Å². The van der Waals surface area contributed by atoms with Crippen LogP contribution in [-0.2, 0) is 24.4 Å². The number of hydrogen-bond acceptors (Lipinski definition) is 8. The minimum Gasteiger partial charge on any atom is -0.462 e. The number of fused-ring (bicyclic) bond motifs is 2. The van der Waals surface area contributed by atoms with E-state index in [1.54, 1.807) is 0 Å². The van der Waals surface area contributed by atoms with Crippen LogP contribution in [0.3, 0.4) is 0 Å². The number of aliphatic hydroxyl groups excluding tert-OH is 1. The predicted octanol–water partition coefficient (Wildman–Crippen LogP) is 3.80. The summed E-state index contributed by atoms with van der Waals surface area (Å²) in [7, 11) is 2.10. The van der Waals surface area contributed by atoms with Crippen LogP contribution in [0, 0.1) is 6.57 Å². The number of carbonyl (C=O) groups is 1. The first-order valence-corrected chi connectivity index (χ1v) is 15.2. The third-order valence-corrected chi connectivity index (χ3v) is 9.16. The monoisotopic (exact) mass is 667 g/mol. The fraction of sp³-hybridized carbons (Fsp3) is 0.455. The Morgan fingerprint density at radius 3 is 2.59 bits per heavy atom. The summed E-state index contributed by atoms with van der Waals surface area (Å²) in [6, 6.07) is 12.3. The van der Waals surface area contributed by atoms with Gasteiger partial charge in [-0.25, -0.2) is 11.0 Å². The first-order valence-electron chi connectivity index (χ1n) is 15.2. The number of halogens is 1. The van der Waals surface area contributed by atoms with Crippen LogP contribution >= 0.6 is 27.0 Å². The predicted molar refractivity (Wildman–Crippen MR) is 188 cm³/mol. The molecular formula is C33H42FN7O3S2. The van der Waals surface area contributed by atoms with Gasteiger partial charge in [-0.05, 0) is 49.9 Å². The lowest BCUT2D eigenvalue weighted by atomic mass is 9.99. The van der Waals surface area contributed by atoms with Gasteiger partial charge in [0.25, 0.3) is 5.91 Å². The van der Waals surface area contributed by atoms with Gasteiger partial charge in [-0.3, -0.25) is 4.79 Å². The Hall–Kier alpha value is -3.57. The molecule has 2 fully saturated rings. The number of ether oxygens (including phenoxy) is 1. The highest BCUT2D eigenvalue weighted by atomic mass is 32.1. The van der Waals surface area contributed by atoms with E-state index in [2.05, 4.69) is 51.4 Å². The smallest absolute Gasteiger partial charge is 0.318 e. The third kappa shape index (κ3) is 7.05. The van der Waals surface area contributed by atoms with Crippen LogP contribution in [0.25, 0.3) is 15.6 Å². The molecule has 3 aromatic rings. The van der Waals surface area contributed by atoms with E-state index >= 15 is 0 Å². The van der Waals surface area contributed by atoms with E-state index in [0.29, 0.717) is 44.7 Å². The molecule has 0 saturated carbocycles. The highest BCUT2D eigenvalue weighted by Gasteiger charge is 2.36. The van der Waals surface area contributed by atoms with Gasteiger partial charge in [-0.1, -0.05) is 36.9 Å². The van der Waals surface area contributed by atoms with E-state index in [0.717, 1.165) is 65.0 Å². The van der Waals surface area contributed by atoms with Gasteiger partial charge in [0.05, 0.1) is 18.8 Å². The maximum atomic E-state index is 13.8. The number of likely N-dealkylation sites (N-methyl/N-ethyl adjacent to an activating group) is 1. The number of aliphatic hydroxyl groups is 1. The number of likely N-dealkylation sites (tertiary alicyclic amines) is 1. The normalized spacial score (nSPS) is 19.6. The highest BCUT2D eigenvalue weighted by molar-refractivity contribution is 7.59. The van der Waals surface area contributed by atoms with Crippen molar-refractivity contribution in [3.8, 4) is 6.01 Å². The van der Waals surface area contributed by atoms with Crippen molar-refractivity contribution >= 4 is 55.2 Å². The Bertz CT molecular complexity index is 1610. The SMILES string of the molecule is S.S.[C-]#[N+]C[C@H]1CN(c2nc(OC[C@@H]3CCCN3C)nc3c2CCN(c2cccc4cccc(CO)c24)C3)CCN1C(=O)C(=C)F. The summed E-state index contributed by atoms with van der Waals surface area (Å²) in [6.07, 6.45) is 2.87. The van der Waals surface area contributed by atoms with Crippen molar-refractivity contribution in [2.24, 2.45) is 0 Å². The Morgan fingerprint density at radius 2 is 1.89 bits per heavy atom. The van der Waals surface area contributed by atoms with E-state index in [-0.39, 0.29) is 46.7 Å². The quantitative estimate of drug-likeness (QED) is 0.287. The Morgan fingerprint density at radius 1 is 1.11 bits per heavy atom. The summed E-state index contributed by atoms with van der Waals surface area (Å²) in [5.74, 6) is -1.03. The number of carbonyl (C=O) groups excluding carboxylic acids is 1. The summed E-state index contributed by atoms with van der Waals surface area (Å²) >= 11 is 0. The topological polar surface area (TPSA) is 89.6 Å². The van der Waals surface area contributed by atoms with E-state index in [1.807, 2.05) is 18.2 Å². The van der Waals surface area contributed by atoms with E-state index in [1.165, 1.54) is 4.90 Å². The first kappa shape index (κ1) is 35.3. The molecule has 13 heteroatoms. The van der Waals surface area contributed by atoms with Crippen LogP contribution in [0.5, 0.6) is 6.01 Å². The second-order valence-corrected chi connectivity index (χ2v) is 11.8. The molecule has 246 valence electrons. The van der Waals surface area contributed by atoms with E-state index < -0.39 is 17.8 Å². The summed E-state index contributed by atoms with van der Waals surface area (Å²) < 4.78 is 20.1. The van der Waals surface area contributed by atoms with Crippen LogP contribution in [0.15, 0.2) is 48.8 Å². The number of benzene rings is 2. The van der Waals surface area contributed by atoms with Gasteiger partial charge < -0.3 is 34.3 Å². The zero-order valence-corrected chi connectivity index (χ0v) is 28.1. The molecule has 3 aliphatic heterocycles. The Kier molecular flexibility index (Phi) is 11.8. The van der Waals surface area contributed by atoms with Crippen LogP contribution in [0.2, 0.25) is 0 Å². The molecule has 46 heavy (non-hydrogen) atoms. The lowest BCUT2D eigenvalue weighted by molar-refractivity contribution is -0.131. The Labute approximate surface area is 283 Å². The van der Waals surface area contributed by atoms with Gasteiger partial charge in [0.1, 0.15) is 18.5 Å². The fourth-order valence-corrected chi connectivity index (χ4v) is 6.81. The molecule has 10 nitrogen and oxygen atoms in total. The maximum Gasteiger partial charge on any atom is 0.318 e. The van der Waals surface area contributed by atoms with Gasteiger partial charge in [0, 0.05) is 48.9 Å². The molecule has 1 N–H and O–H groups in total. The minimum absolute atomic E-state index is 0. The zero-order chi connectivity index (χ0) is 30.8. The molecule has 0 bridgehead atoms. The zero-order valence-electron chi connectivity index (χ0n) is 26.1. The van der Waals surface area contributed by atoms with Crippen molar-refractivity contribution < 1.29 is 19.0 Å². The maximum absolute atomic E-state index is 13.8. The number of rotatable bonds is 8. The largest absolute Gasteiger partial charge is 0.462 e. The van der Waals surface area contributed by atoms with Crippen molar-refractivity contribution in [3.05, 3.63) is 77.0 Å². The lowest BCUT2D eigenvalue weighted by Crippen LogP contribution is -2.57. The minimum atomic E-state index is -1.02. The number of nitrogens with zero attached hydrogens (tertiary/aromatic N) is 7. The van der Waals surface area contributed by atoms with Crippen LogP contribution in [0.1, 0.15) is 29.7 Å². The molecule has 2 saturated heterocycles. The molecule has 3 aliphatic rings. The van der Waals surface area contributed by atoms with Gasteiger partial charge in [0.15, 0.2) is 5.83 Å². The summed E-state index contributed by atoms with van der Waals surface area (Å²) in [5.41, 5.74) is 3.81. The number of hydrogen-bond donors (Lipinski definition) is 1. The van der Waals surface area contributed by atoms with Gasteiger partial charge in [-0.15, -0.1) is 0 Å². The first-order chi connectivity index (χ1) is 21.4. The summed E-state index contributed by atoms with van der Waals surface area (Å²) in [4.78, 5) is 34.0. The van der Waals surface area contributed by atoms with Crippen molar-refractivity contribution in [2.75, 3.05) is 62.7 Å². The van der Waals surface area contributed by atoms with Crippen molar-refractivity contribution in [1.82, 2.24) is 19.8 Å². The number of anilines is 2. The van der Waals surface area contributed by atoms with E-state index in [4.69, 9.17) is 21.3 Å². The second-order valence-electron chi connectivity index (χ2n) is 11.8. The second kappa shape index (κ2) is 15.3. The molecule has 1 aromatic heterocycles. The molecule has 2 atom stereocenters. The molecule has 2 aromatic carbocycles.